The van der Waals surface area contributed by atoms with Crippen molar-refractivity contribution >= 4 is 29.9 Å². The second-order valence-corrected chi connectivity index (χ2v) is 8.05. The quantitative estimate of drug-likeness (QED) is 0.186. The number of hydrogen-bond acceptors (Lipinski definition) is 4. The first-order valence-electron chi connectivity index (χ1n) is 11.3. The van der Waals surface area contributed by atoms with Crippen LogP contribution in [0, 0.1) is 5.92 Å². The second-order valence-electron chi connectivity index (χ2n) is 8.05. The molecule has 0 spiro atoms. The maximum atomic E-state index is 5.72. The van der Waals surface area contributed by atoms with Crippen molar-refractivity contribution in [2.24, 2.45) is 10.9 Å². The van der Waals surface area contributed by atoms with Gasteiger partial charge in [0.2, 0.25) is 0 Å². The highest BCUT2D eigenvalue weighted by atomic mass is 127. The molecule has 1 aliphatic carbocycles. The van der Waals surface area contributed by atoms with Crippen molar-refractivity contribution in [2.75, 3.05) is 53.0 Å². The zero-order valence-corrected chi connectivity index (χ0v) is 20.9. The molecule has 0 aromatic heterocycles. The third kappa shape index (κ3) is 8.59. The van der Waals surface area contributed by atoms with Crippen LogP contribution in [0.15, 0.2) is 29.3 Å². The second kappa shape index (κ2) is 14.1. The summed E-state index contributed by atoms with van der Waals surface area (Å²) in [4.78, 5) is 7.47. The molecule has 0 radical (unpaired) electrons. The fraction of sp³-hybridized carbons (Fsp3) is 0.696. The topological polar surface area (TPSA) is 58.1 Å². The van der Waals surface area contributed by atoms with Gasteiger partial charge in [-0.15, -0.1) is 24.0 Å². The molecule has 2 aliphatic rings. The maximum absolute atomic E-state index is 5.72. The summed E-state index contributed by atoms with van der Waals surface area (Å²) < 4.78 is 11.0. The number of nitrogens with zero attached hydrogens (tertiary/aromatic N) is 2. The first kappa shape index (κ1) is 25.2. The Kier molecular flexibility index (Phi) is 11.8. The van der Waals surface area contributed by atoms with Crippen molar-refractivity contribution in [3.63, 3.8) is 0 Å². The van der Waals surface area contributed by atoms with Crippen molar-refractivity contribution < 1.29 is 9.47 Å². The zero-order chi connectivity index (χ0) is 20.3. The molecule has 1 aromatic carbocycles. The van der Waals surface area contributed by atoms with Gasteiger partial charge in [0.15, 0.2) is 5.96 Å². The van der Waals surface area contributed by atoms with Gasteiger partial charge in [-0.3, -0.25) is 9.89 Å². The smallest absolute Gasteiger partial charge is 0.191 e. The number of nitrogens with one attached hydrogen (secondary N) is 2. The molecule has 1 aliphatic heterocycles. The Morgan fingerprint density at radius 1 is 1.17 bits per heavy atom. The third-order valence-electron chi connectivity index (χ3n) is 5.66. The molecule has 1 saturated carbocycles. The normalized spacial score (nSPS) is 18.0. The Balaban J connectivity index is 0.00000320. The van der Waals surface area contributed by atoms with Crippen LogP contribution in [0.4, 0.5) is 0 Å². The van der Waals surface area contributed by atoms with Gasteiger partial charge in [-0.1, -0.05) is 12.1 Å². The molecule has 1 heterocycles. The largest absolute Gasteiger partial charge is 0.497 e. The summed E-state index contributed by atoms with van der Waals surface area (Å²) in [6.07, 6.45) is 6.25. The fourth-order valence-corrected chi connectivity index (χ4v) is 3.75. The van der Waals surface area contributed by atoms with E-state index in [0.717, 1.165) is 70.0 Å². The lowest BCUT2D eigenvalue weighted by Crippen LogP contribution is -2.39. The van der Waals surface area contributed by atoms with E-state index in [9.17, 15) is 0 Å². The van der Waals surface area contributed by atoms with Gasteiger partial charge in [0.1, 0.15) is 5.75 Å². The highest BCUT2D eigenvalue weighted by Crippen LogP contribution is 2.29. The van der Waals surface area contributed by atoms with Crippen molar-refractivity contribution in [1.82, 2.24) is 15.5 Å². The average molecular weight is 530 g/mol. The Labute approximate surface area is 199 Å². The standard InChI is InChI=1S/C23H38N4O2.HI/c1-3-24-23(25-13-6-16-29-18-19-7-8-19)26-17-22(27-14-4-5-15-27)20-9-11-21(28-2)12-10-20;/h9-12,19,22H,3-8,13-18H2,1-2H3,(H2,24,25,26);1H. The Bertz CT molecular complexity index is 616. The molecule has 170 valence electrons. The minimum atomic E-state index is 0. The number of likely N-dealkylation sites (tertiary alicyclic amines) is 1. The Morgan fingerprint density at radius 2 is 1.90 bits per heavy atom. The summed E-state index contributed by atoms with van der Waals surface area (Å²) in [5.41, 5.74) is 1.31. The zero-order valence-electron chi connectivity index (χ0n) is 18.6. The van der Waals surface area contributed by atoms with E-state index in [4.69, 9.17) is 14.5 Å². The Hall–Kier alpha value is -1.06. The van der Waals surface area contributed by atoms with Crippen LogP contribution in [-0.4, -0.2) is 63.9 Å². The number of aliphatic imine (C=N–C) groups is 1. The molecule has 0 bridgehead atoms. The van der Waals surface area contributed by atoms with E-state index >= 15 is 0 Å². The van der Waals surface area contributed by atoms with Crippen LogP contribution in [-0.2, 0) is 4.74 Å². The molecular formula is C23H39IN4O2. The van der Waals surface area contributed by atoms with Crippen LogP contribution in [0.2, 0.25) is 0 Å². The Morgan fingerprint density at radius 3 is 2.53 bits per heavy atom. The summed E-state index contributed by atoms with van der Waals surface area (Å²) in [6.45, 7) is 8.66. The molecule has 2 N–H and O–H groups in total. The molecular weight excluding hydrogens is 491 g/mol. The van der Waals surface area contributed by atoms with Gasteiger partial charge < -0.3 is 20.1 Å². The molecule has 2 fully saturated rings. The third-order valence-corrected chi connectivity index (χ3v) is 5.66. The van der Waals surface area contributed by atoms with Crippen molar-refractivity contribution in [3.8, 4) is 5.75 Å². The lowest BCUT2D eigenvalue weighted by atomic mass is 10.1. The van der Waals surface area contributed by atoms with E-state index in [1.165, 1.54) is 31.2 Å². The number of guanidine groups is 1. The SMILES string of the molecule is CCNC(=NCC(c1ccc(OC)cc1)N1CCCC1)NCCCOCC1CC1.I. The molecule has 30 heavy (non-hydrogen) atoms. The first-order valence-corrected chi connectivity index (χ1v) is 11.3. The monoisotopic (exact) mass is 530 g/mol. The van der Waals surface area contributed by atoms with Crippen LogP contribution in [0.25, 0.3) is 0 Å². The number of methoxy groups -OCH3 is 1. The minimum absolute atomic E-state index is 0. The summed E-state index contributed by atoms with van der Waals surface area (Å²) in [5.74, 6) is 2.63. The van der Waals surface area contributed by atoms with E-state index in [-0.39, 0.29) is 24.0 Å². The molecule has 1 unspecified atom stereocenters. The van der Waals surface area contributed by atoms with E-state index in [0.29, 0.717) is 6.04 Å². The summed E-state index contributed by atoms with van der Waals surface area (Å²) >= 11 is 0. The maximum Gasteiger partial charge on any atom is 0.191 e. The predicted molar refractivity (Wildman–Crippen MR) is 134 cm³/mol. The molecule has 1 aromatic rings. The van der Waals surface area contributed by atoms with Crippen LogP contribution in [0.1, 0.15) is 50.6 Å². The van der Waals surface area contributed by atoms with Gasteiger partial charge in [0.25, 0.3) is 0 Å². The summed E-state index contributed by atoms with van der Waals surface area (Å²) in [5, 5.41) is 6.84. The van der Waals surface area contributed by atoms with Crippen LogP contribution >= 0.6 is 24.0 Å². The van der Waals surface area contributed by atoms with Gasteiger partial charge in [0.05, 0.1) is 19.7 Å². The first-order chi connectivity index (χ1) is 14.3. The van der Waals surface area contributed by atoms with E-state index in [1.54, 1.807) is 7.11 Å². The van der Waals surface area contributed by atoms with Crippen molar-refractivity contribution in [3.05, 3.63) is 29.8 Å². The number of halogens is 1. The molecule has 1 saturated heterocycles. The van der Waals surface area contributed by atoms with Gasteiger partial charge in [-0.25, -0.2) is 0 Å². The van der Waals surface area contributed by atoms with E-state index < -0.39 is 0 Å². The predicted octanol–water partition coefficient (Wildman–Crippen LogP) is 3.82. The molecule has 7 heteroatoms. The van der Waals surface area contributed by atoms with Crippen molar-refractivity contribution in [1.29, 1.82) is 0 Å². The fourth-order valence-electron chi connectivity index (χ4n) is 3.75. The molecule has 0 amide bonds. The summed E-state index contributed by atoms with van der Waals surface area (Å²) in [7, 11) is 1.71. The molecule has 3 rings (SSSR count). The van der Waals surface area contributed by atoms with E-state index in [2.05, 4.69) is 34.6 Å². The van der Waals surface area contributed by atoms with Crippen LogP contribution < -0.4 is 15.4 Å². The average Bonchev–Trinajstić information content (AvgIpc) is 3.42. The number of hydrogen-bond donors (Lipinski definition) is 2. The lowest BCUT2D eigenvalue weighted by molar-refractivity contribution is 0.123. The van der Waals surface area contributed by atoms with Gasteiger partial charge in [-0.2, -0.15) is 0 Å². The highest BCUT2D eigenvalue weighted by molar-refractivity contribution is 14.0. The van der Waals surface area contributed by atoms with Crippen molar-refractivity contribution in [2.45, 2.75) is 45.1 Å². The number of ether oxygens (including phenoxy) is 2. The molecule has 1 atom stereocenters. The number of rotatable bonds is 12. The van der Waals surface area contributed by atoms with Gasteiger partial charge >= 0.3 is 0 Å². The number of benzene rings is 1. The van der Waals surface area contributed by atoms with E-state index in [1.807, 2.05) is 12.1 Å². The molecule has 6 nitrogen and oxygen atoms in total. The highest BCUT2D eigenvalue weighted by Gasteiger charge is 2.23. The van der Waals surface area contributed by atoms with Gasteiger partial charge in [0, 0.05) is 26.3 Å². The van der Waals surface area contributed by atoms with Gasteiger partial charge in [-0.05, 0) is 75.7 Å². The van der Waals surface area contributed by atoms with Crippen LogP contribution in [0.5, 0.6) is 5.75 Å². The lowest BCUT2D eigenvalue weighted by Gasteiger charge is -2.27. The summed E-state index contributed by atoms with van der Waals surface area (Å²) in [6, 6.07) is 8.75. The minimum Gasteiger partial charge on any atom is -0.497 e. The van der Waals surface area contributed by atoms with Crippen LogP contribution in [0.3, 0.4) is 0 Å².